The Morgan fingerprint density at radius 1 is 0.226 bits per heavy atom. The molecule has 0 bridgehead atoms. The van der Waals surface area contributed by atoms with Crippen molar-refractivity contribution in [2.45, 2.75) is 495 Å². The average Bonchev–Trinajstić information content (AvgIpc) is 0.905. The van der Waals surface area contributed by atoms with Crippen LogP contribution in [0.1, 0.15) is 477 Å². The number of phosphoric ester groups is 2. The van der Waals surface area contributed by atoms with Gasteiger partial charge in [-0.3, -0.25) is 37.3 Å². The van der Waals surface area contributed by atoms with E-state index >= 15 is 0 Å². The summed E-state index contributed by atoms with van der Waals surface area (Å²) >= 11 is 0. The van der Waals surface area contributed by atoms with Gasteiger partial charge < -0.3 is 33.8 Å². The number of carbonyl (C=O) groups excluding carboxylic acids is 4. The first-order valence-electron chi connectivity index (χ1n) is 45.3. The van der Waals surface area contributed by atoms with E-state index in [1.54, 1.807) is 0 Å². The van der Waals surface area contributed by atoms with Crippen molar-refractivity contribution in [2.24, 2.45) is 0 Å². The third-order valence-electron chi connectivity index (χ3n) is 20.6. The molecule has 19 heteroatoms. The minimum absolute atomic E-state index is 0.109. The fraction of sp³-hybridized carbons (Fsp3) is 0.954. The maximum absolute atomic E-state index is 13.2. The maximum atomic E-state index is 13.2. The third kappa shape index (κ3) is 80.1. The number of rotatable bonds is 88. The second kappa shape index (κ2) is 81.1. The number of unbranched alkanes of at least 4 members (excludes halogenated alkanes) is 62. The van der Waals surface area contributed by atoms with E-state index in [1.165, 1.54) is 308 Å². The predicted octanol–water partition coefficient (Wildman–Crippen LogP) is 26.9. The van der Waals surface area contributed by atoms with Gasteiger partial charge in [-0.15, -0.1) is 0 Å². The number of hydrogen-bond donors (Lipinski definition) is 3. The van der Waals surface area contributed by atoms with Gasteiger partial charge in [-0.25, -0.2) is 9.13 Å². The van der Waals surface area contributed by atoms with Crippen molar-refractivity contribution in [1.29, 1.82) is 0 Å². The van der Waals surface area contributed by atoms with E-state index in [0.29, 0.717) is 25.7 Å². The second-order valence-corrected chi connectivity index (χ2v) is 34.2. The minimum atomic E-state index is -4.96. The molecular weight excluding hydrogens is 1380 g/mol. The first kappa shape index (κ1) is 104. The zero-order chi connectivity index (χ0) is 77.4. The standard InChI is InChI=1S/C87H170O17P2/c1-5-9-13-17-21-25-28-31-34-37-39-40-42-45-48-51-54-58-62-66-70-74-87(92)104-83(78-98-85(90)72-68-64-60-56-52-49-46-44-41-38-35-32-29-26-22-18-14-10-6-2)80-102-106(95,96)100-76-81(88)75-99-105(93,94)101-79-82(77-97-84(89)71-67-63-59-55-24-20-16-12-8-4)103-86(91)73-69-65-61-57-53-50-47-43-36-33-30-27-23-19-15-11-7-3/h81-83,88H,5-80H2,1-4H3,(H,93,94)(H,95,96)/t81-,82+,83+/m0/s1. The van der Waals surface area contributed by atoms with Gasteiger partial charge in [0.2, 0.25) is 0 Å². The minimum Gasteiger partial charge on any atom is -0.462 e. The molecule has 0 fully saturated rings. The number of aliphatic hydroxyl groups excluding tert-OH is 1. The quantitative estimate of drug-likeness (QED) is 0.0222. The lowest BCUT2D eigenvalue weighted by atomic mass is 10.0. The fourth-order valence-corrected chi connectivity index (χ4v) is 15.3. The maximum Gasteiger partial charge on any atom is 0.472 e. The molecule has 0 spiro atoms. The van der Waals surface area contributed by atoms with E-state index in [9.17, 15) is 43.2 Å². The summed E-state index contributed by atoms with van der Waals surface area (Å²) in [5, 5.41) is 10.7. The molecule has 0 rings (SSSR count). The highest BCUT2D eigenvalue weighted by Crippen LogP contribution is 2.45. The Morgan fingerprint density at radius 3 is 0.557 bits per heavy atom. The van der Waals surface area contributed by atoms with Gasteiger partial charge in [-0.2, -0.15) is 0 Å². The number of carbonyl (C=O) groups is 4. The highest BCUT2D eigenvalue weighted by Gasteiger charge is 2.30. The molecule has 0 aromatic carbocycles. The summed E-state index contributed by atoms with van der Waals surface area (Å²) in [4.78, 5) is 73.2. The Morgan fingerprint density at radius 2 is 0.377 bits per heavy atom. The van der Waals surface area contributed by atoms with Gasteiger partial charge in [0.15, 0.2) is 12.2 Å². The molecule has 0 aromatic heterocycles. The Bertz CT molecular complexity index is 2000. The van der Waals surface area contributed by atoms with Crippen LogP contribution in [0.5, 0.6) is 0 Å². The molecule has 0 saturated carbocycles. The molecular formula is C87H170O17P2. The molecule has 0 aliphatic rings. The zero-order valence-corrected chi connectivity index (χ0v) is 71.2. The van der Waals surface area contributed by atoms with Crippen LogP contribution in [0.25, 0.3) is 0 Å². The second-order valence-electron chi connectivity index (χ2n) is 31.3. The summed E-state index contributed by atoms with van der Waals surface area (Å²) in [6.45, 7) is 5.05. The lowest BCUT2D eigenvalue weighted by molar-refractivity contribution is -0.161. The predicted molar refractivity (Wildman–Crippen MR) is 437 cm³/mol. The molecule has 0 aliphatic heterocycles. The van der Waals surface area contributed by atoms with Crippen LogP contribution in [0, 0.1) is 0 Å². The summed E-state index contributed by atoms with van der Waals surface area (Å²) in [7, 11) is -9.92. The number of aliphatic hydroxyl groups is 1. The molecule has 3 N–H and O–H groups in total. The Balaban J connectivity index is 5.20. The summed E-state index contributed by atoms with van der Waals surface area (Å²) in [5.74, 6) is -2.10. The molecule has 17 nitrogen and oxygen atoms in total. The third-order valence-corrected chi connectivity index (χ3v) is 22.5. The number of hydrogen-bond acceptors (Lipinski definition) is 15. The van der Waals surface area contributed by atoms with Crippen LogP contribution in [0.3, 0.4) is 0 Å². The van der Waals surface area contributed by atoms with Crippen molar-refractivity contribution >= 4 is 39.5 Å². The van der Waals surface area contributed by atoms with Gasteiger partial charge in [-0.1, -0.05) is 426 Å². The van der Waals surface area contributed by atoms with Gasteiger partial charge in [0.05, 0.1) is 26.4 Å². The first-order chi connectivity index (χ1) is 51.7. The lowest BCUT2D eigenvalue weighted by Gasteiger charge is -2.21. The average molecular weight is 1550 g/mol. The van der Waals surface area contributed by atoms with Gasteiger partial charge in [0.1, 0.15) is 19.3 Å². The molecule has 0 heterocycles. The van der Waals surface area contributed by atoms with Crippen molar-refractivity contribution in [2.75, 3.05) is 39.6 Å². The molecule has 630 valence electrons. The molecule has 0 aliphatic carbocycles. The normalized spacial score (nSPS) is 13.7. The van der Waals surface area contributed by atoms with Gasteiger partial charge in [-0.05, 0) is 25.7 Å². The highest BCUT2D eigenvalue weighted by molar-refractivity contribution is 7.47. The Hall–Kier alpha value is -1.94. The van der Waals surface area contributed by atoms with Crippen molar-refractivity contribution in [3.8, 4) is 0 Å². The van der Waals surface area contributed by atoms with E-state index in [-0.39, 0.29) is 25.7 Å². The van der Waals surface area contributed by atoms with Crippen molar-refractivity contribution in [3.05, 3.63) is 0 Å². The van der Waals surface area contributed by atoms with Crippen LogP contribution in [-0.2, 0) is 65.4 Å². The fourth-order valence-electron chi connectivity index (χ4n) is 13.7. The van der Waals surface area contributed by atoms with Crippen LogP contribution in [0.4, 0.5) is 0 Å². The number of ether oxygens (including phenoxy) is 4. The summed E-state index contributed by atoms with van der Waals surface area (Å²) < 4.78 is 68.9. The Kier molecular flexibility index (Phi) is 79.6. The lowest BCUT2D eigenvalue weighted by Crippen LogP contribution is -2.30. The molecule has 2 unspecified atom stereocenters. The first-order valence-corrected chi connectivity index (χ1v) is 48.3. The van der Waals surface area contributed by atoms with Crippen LogP contribution in [-0.4, -0.2) is 96.7 Å². The van der Waals surface area contributed by atoms with Crippen molar-refractivity contribution in [3.63, 3.8) is 0 Å². The summed E-state index contributed by atoms with van der Waals surface area (Å²) in [6.07, 6.45) is 76.5. The molecule has 0 saturated heterocycles. The van der Waals surface area contributed by atoms with Crippen LogP contribution in [0.15, 0.2) is 0 Å². The van der Waals surface area contributed by atoms with Gasteiger partial charge >= 0.3 is 39.5 Å². The van der Waals surface area contributed by atoms with E-state index in [4.69, 9.17) is 37.0 Å². The molecule has 5 atom stereocenters. The zero-order valence-electron chi connectivity index (χ0n) is 69.4. The Labute approximate surface area is 651 Å². The molecule has 0 amide bonds. The topological polar surface area (TPSA) is 237 Å². The SMILES string of the molecule is CCCCCCCCCCCCCCCCCCCCCCCC(=O)O[C@H](COC(=O)CCCCCCCCCCCCCCCCCCCCC)COP(=O)(O)OC[C@@H](O)COP(=O)(O)OC[C@@H](COC(=O)CCCCCCCCCCC)OC(=O)CCCCCCCCCCCCCCCCCCC. The molecule has 106 heavy (non-hydrogen) atoms. The van der Waals surface area contributed by atoms with Crippen LogP contribution >= 0.6 is 15.6 Å². The summed E-state index contributed by atoms with van der Waals surface area (Å²) in [5.41, 5.74) is 0. The van der Waals surface area contributed by atoms with E-state index in [2.05, 4.69) is 27.7 Å². The molecule has 0 radical (unpaired) electrons. The summed E-state index contributed by atoms with van der Waals surface area (Å²) in [6, 6.07) is 0. The largest absolute Gasteiger partial charge is 0.472 e. The molecule has 0 aromatic rings. The van der Waals surface area contributed by atoms with Gasteiger partial charge in [0, 0.05) is 25.7 Å². The monoisotopic (exact) mass is 1550 g/mol. The van der Waals surface area contributed by atoms with E-state index < -0.39 is 97.5 Å². The van der Waals surface area contributed by atoms with Crippen molar-refractivity contribution < 1.29 is 80.2 Å². The van der Waals surface area contributed by atoms with Gasteiger partial charge in [0.25, 0.3) is 0 Å². The number of phosphoric acid groups is 2. The van der Waals surface area contributed by atoms with Crippen LogP contribution < -0.4 is 0 Å². The smallest absolute Gasteiger partial charge is 0.462 e. The van der Waals surface area contributed by atoms with Crippen molar-refractivity contribution in [1.82, 2.24) is 0 Å². The highest BCUT2D eigenvalue weighted by atomic mass is 31.2. The van der Waals surface area contributed by atoms with E-state index in [0.717, 1.165) is 89.9 Å². The van der Waals surface area contributed by atoms with E-state index in [1.807, 2.05) is 0 Å². The number of esters is 4. The van der Waals surface area contributed by atoms with Crippen LogP contribution in [0.2, 0.25) is 0 Å².